The number of nitrogens with one attached hydrogen (secondary N) is 1. The SMILES string of the molecule is CCOc1ccc(CCNCCS)cc1Cl. The third kappa shape index (κ3) is 4.64. The smallest absolute Gasteiger partial charge is 0.137 e. The van der Waals surface area contributed by atoms with Crippen LogP contribution in [0.4, 0.5) is 0 Å². The van der Waals surface area contributed by atoms with Gasteiger partial charge in [-0.3, -0.25) is 0 Å². The molecule has 0 saturated heterocycles. The third-order valence-electron chi connectivity index (χ3n) is 2.18. The number of ether oxygens (including phenoxy) is 1. The molecule has 0 fully saturated rings. The van der Waals surface area contributed by atoms with E-state index in [9.17, 15) is 0 Å². The molecule has 1 N–H and O–H groups in total. The van der Waals surface area contributed by atoms with Crippen LogP contribution >= 0.6 is 24.2 Å². The maximum Gasteiger partial charge on any atom is 0.137 e. The normalized spacial score (nSPS) is 10.4. The molecule has 0 heterocycles. The summed E-state index contributed by atoms with van der Waals surface area (Å²) < 4.78 is 5.38. The van der Waals surface area contributed by atoms with E-state index in [0.29, 0.717) is 11.6 Å². The Labute approximate surface area is 108 Å². The first kappa shape index (κ1) is 13.7. The average molecular weight is 260 g/mol. The van der Waals surface area contributed by atoms with Crippen LogP contribution in [0.3, 0.4) is 0 Å². The van der Waals surface area contributed by atoms with Crippen molar-refractivity contribution in [1.29, 1.82) is 0 Å². The molecule has 0 saturated carbocycles. The van der Waals surface area contributed by atoms with E-state index in [-0.39, 0.29) is 0 Å². The van der Waals surface area contributed by atoms with E-state index in [4.69, 9.17) is 16.3 Å². The molecule has 0 amide bonds. The Morgan fingerprint density at radius 2 is 2.19 bits per heavy atom. The van der Waals surface area contributed by atoms with Gasteiger partial charge in [0.2, 0.25) is 0 Å². The molecule has 0 bridgehead atoms. The van der Waals surface area contributed by atoms with E-state index in [1.807, 2.05) is 19.1 Å². The fourth-order valence-electron chi connectivity index (χ4n) is 1.41. The summed E-state index contributed by atoms with van der Waals surface area (Å²) in [5, 5.41) is 3.98. The molecule has 0 atom stereocenters. The molecule has 0 unspecified atom stereocenters. The zero-order valence-electron chi connectivity index (χ0n) is 9.50. The van der Waals surface area contributed by atoms with E-state index >= 15 is 0 Å². The van der Waals surface area contributed by atoms with Gasteiger partial charge in [0.25, 0.3) is 0 Å². The summed E-state index contributed by atoms with van der Waals surface area (Å²) in [4.78, 5) is 0. The van der Waals surface area contributed by atoms with Crippen molar-refractivity contribution in [3.63, 3.8) is 0 Å². The molecule has 0 radical (unpaired) electrons. The Morgan fingerprint density at radius 1 is 1.38 bits per heavy atom. The molecule has 0 aromatic heterocycles. The molecule has 1 aromatic rings. The predicted molar refractivity (Wildman–Crippen MR) is 73.0 cm³/mol. The standard InChI is InChI=1S/C12H18ClNOS/c1-2-15-12-4-3-10(9-11(12)13)5-6-14-7-8-16/h3-4,9,14,16H,2,5-8H2,1H3. The summed E-state index contributed by atoms with van der Waals surface area (Å²) in [6.07, 6.45) is 0.972. The van der Waals surface area contributed by atoms with Crippen molar-refractivity contribution in [1.82, 2.24) is 5.32 Å². The largest absolute Gasteiger partial charge is 0.492 e. The Bertz CT molecular complexity index is 320. The minimum atomic E-state index is 0.641. The molecule has 1 rings (SSSR count). The molecule has 0 aliphatic rings. The number of benzene rings is 1. The maximum atomic E-state index is 6.09. The van der Waals surface area contributed by atoms with Gasteiger partial charge in [-0.15, -0.1) is 0 Å². The minimum Gasteiger partial charge on any atom is -0.492 e. The van der Waals surface area contributed by atoms with Gasteiger partial charge in [0.15, 0.2) is 0 Å². The first-order valence-corrected chi connectivity index (χ1v) is 6.51. The van der Waals surface area contributed by atoms with Crippen molar-refractivity contribution in [2.24, 2.45) is 0 Å². The first-order chi connectivity index (χ1) is 7.77. The Kier molecular flexibility index (Phi) is 6.69. The van der Waals surface area contributed by atoms with Crippen molar-refractivity contribution in [2.45, 2.75) is 13.3 Å². The van der Waals surface area contributed by atoms with Crippen molar-refractivity contribution in [3.05, 3.63) is 28.8 Å². The van der Waals surface area contributed by atoms with Gasteiger partial charge in [-0.2, -0.15) is 12.6 Å². The van der Waals surface area contributed by atoms with Gasteiger partial charge in [0.05, 0.1) is 11.6 Å². The zero-order valence-corrected chi connectivity index (χ0v) is 11.2. The fourth-order valence-corrected chi connectivity index (χ4v) is 1.82. The first-order valence-electron chi connectivity index (χ1n) is 5.50. The molecule has 4 heteroatoms. The number of thiol groups is 1. The van der Waals surface area contributed by atoms with Gasteiger partial charge in [-0.05, 0) is 37.6 Å². The Morgan fingerprint density at radius 3 is 2.81 bits per heavy atom. The van der Waals surface area contributed by atoms with Crippen molar-refractivity contribution in [2.75, 3.05) is 25.4 Å². The van der Waals surface area contributed by atoms with Crippen LogP contribution in [0, 0.1) is 0 Å². The fraction of sp³-hybridized carbons (Fsp3) is 0.500. The molecule has 0 spiro atoms. The molecular formula is C12H18ClNOS. The van der Waals surface area contributed by atoms with Gasteiger partial charge in [0.1, 0.15) is 5.75 Å². The Hall–Kier alpha value is -0.380. The summed E-state index contributed by atoms with van der Waals surface area (Å²) >= 11 is 10.2. The van der Waals surface area contributed by atoms with E-state index < -0.39 is 0 Å². The van der Waals surface area contributed by atoms with Crippen LogP contribution in [0.1, 0.15) is 12.5 Å². The highest BCUT2D eigenvalue weighted by Crippen LogP contribution is 2.25. The summed E-state index contributed by atoms with van der Waals surface area (Å²) in [7, 11) is 0. The lowest BCUT2D eigenvalue weighted by atomic mass is 10.1. The highest BCUT2D eigenvalue weighted by molar-refractivity contribution is 7.80. The highest BCUT2D eigenvalue weighted by Gasteiger charge is 2.02. The van der Waals surface area contributed by atoms with Crippen molar-refractivity contribution in [3.8, 4) is 5.75 Å². The van der Waals surface area contributed by atoms with Gasteiger partial charge in [-0.1, -0.05) is 17.7 Å². The molecule has 0 aliphatic heterocycles. The number of hydrogen-bond donors (Lipinski definition) is 2. The van der Waals surface area contributed by atoms with Crippen LogP contribution in [-0.2, 0) is 6.42 Å². The summed E-state index contributed by atoms with van der Waals surface area (Å²) in [5.41, 5.74) is 1.22. The van der Waals surface area contributed by atoms with Crippen LogP contribution in [0.15, 0.2) is 18.2 Å². The molecule has 2 nitrogen and oxygen atoms in total. The third-order valence-corrected chi connectivity index (χ3v) is 2.69. The second kappa shape index (κ2) is 7.82. The molecule has 16 heavy (non-hydrogen) atoms. The van der Waals surface area contributed by atoms with Crippen LogP contribution in [0.25, 0.3) is 0 Å². The molecule has 1 aromatic carbocycles. The highest BCUT2D eigenvalue weighted by atomic mass is 35.5. The van der Waals surface area contributed by atoms with Crippen LogP contribution in [0.5, 0.6) is 5.75 Å². The minimum absolute atomic E-state index is 0.641. The van der Waals surface area contributed by atoms with E-state index in [2.05, 4.69) is 24.0 Å². The molecule has 90 valence electrons. The van der Waals surface area contributed by atoms with Gasteiger partial charge in [0, 0.05) is 12.3 Å². The van der Waals surface area contributed by atoms with E-state index in [1.165, 1.54) is 5.56 Å². The van der Waals surface area contributed by atoms with E-state index in [0.717, 1.165) is 31.0 Å². The maximum absolute atomic E-state index is 6.09. The van der Waals surface area contributed by atoms with Crippen molar-refractivity contribution < 1.29 is 4.74 Å². The molecular weight excluding hydrogens is 242 g/mol. The lowest BCUT2D eigenvalue weighted by molar-refractivity contribution is 0.340. The monoisotopic (exact) mass is 259 g/mol. The van der Waals surface area contributed by atoms with Gasteiger partial charge in [-0.25, -0.2) is 0 Å². The second-order valence-corrected chi connectivity index (χ2v) is 4.28. The zero-order chi connectivity index (χ0) is 11.8. The van der Waals surface area contributed by atoms with Crippen molar-refractivity contribution >= 4 is 24.2 Å². The van der Waals surface area contributed by atoms with Crippen LogP contribution in [-0.4, -0.2) is 25.4 Å². The average Bonchev–Trinajstić information content (AvgIpc) is 2.28. The number of hydrogen-bond acceptors (Lipinski definition) is 3. The second-order valence-electron chi connectivity index (χ2n) is 3.42. The topological polar surface area (TPSA) is 21.3 Å². The predicted octanol–water partition coefficient (Wildman–Crippen LogP) is 2.80. The van der Waals surface area contributed by atoms with E-state index in [1.54, 1.807) is 0 Å². The molecule has 0 aliphatic carbocycles. The lowest BCUT2D eigenvalue weighted by Crippen LogP contribution is -2.19. The van der Waals surface area contributed by atoms with Crippen LogP contribution < -0.4 is 10.1 Å². The van der Waals surface area contributed by atoms with Gasteiger partial charge >= 0.3 is 0 Å². The number of halogens is 1. The summed E-state index contributed by atoms with van der Waals surface area (Å²) in [6.45, 7) is 4.48. The summed E-state index contributed by atoms with van der Waals surface area (Å²) in [6, 6.07) is 5.95. The summed E-state index contributed by atoms with van der Waals surface area (Å²) in [5.74, 6) is 1.63. The van der Waals surface area contributed by atoms with Crippen LogP contribution in [0.2, 0.25) is 5.02 Å². The lowest BCUT2D eigenvalue weighted by Gasteiger charge is -2.08. The Balaban J connectivity index is 2.46. The number of rotatable bonds is 7. The van der Waals surface area contributed by atoms with Gasteiger partial charge < -0.3 is 10.1 Å². The quantitative estimate of drug-likeness (QED) is 0.580.